The average Bonchev–Trinajstić information content (AvgIpc) is 2.23. The molecule has 5 heteroatoms. The van der Waals surface area contributed by atoms with E-state index >= 15 is 0 Å². The summed E-state index contributed by atoms with van der Waals surface area (Å²) in [6.45, 7) is 10.4. The summed E-state index contributed by atoms with van der Waals surface area (Å²) in [5, 5.41) is 3.32. The molecule has 90 valence electrons. The number of aromatic nitrogens is 2. The van der Waals surface area contributed by atoms with Gasteiger partial charge in [-0.1, -0.05) is 26.1 Å². The SMILES string of the molecule is CCN(CC)CCNc1cc(=S)nc(C)[nH]1. The molecule has 0 fully saturated rings. The first kappa shape index (κ1) is 13.1. The van der Waals surface area contributed by atoms with Crippen LogP contribution < -0.4 is 5.32 Å². The first-order valence-corrected chi connectivity index (χ1v) is 6.10. The van der Waals surface area contributed by atoms with Crippen molar-refractivity contribution in [2.45, 2.75) is 20.8 Å². The Hall–Kier alpha value is -0.940. The Labute approximate surface area is 102 Å². The minimum Gasteiger partial charge on any atom is -0.370 e. The van der Waals surface area contributed by atoms with E-state index < -0.39 is 0 Å². The first-order chi connectivity index (χ1) is 7.65. The normalized spacial score (nSPS) is 10.8. The summed E-state index contributed by atoms with van der Waals surface area (Å²) in [5.41, 5.74) is 0. The molecule has 16 heavy (non-hydrogen) atoms. The highest BCUT2D eigenvalue weighted by atomic mass is 32.1. The summed E-state index contributed by atoms with van der Waals surface area (Å²) >= 11 is 5.05. The van der Waals surface area contributed by atoms with Crippen LogP contribution in [0.15, 0.2) is 6.07 Å². The van der Waals surface area contributed by atoms with Crippen molar-refractivity contribution < 1.29 is 0 Å². The lowest BCUT2D eigenvalue weighted by Gasteiger charge is -2.18. The van der Waals surface area contributed by atoms with Crippen molar-refractivity contribution in [3.8, 4) is 0 Å². The number of H-pyrrole nitrogens is 1. The van der Waals surface area contributed by atoms with Gasteiger partial charge in [0.15, 0.2) is 0 Å². The highest BCUT2D eigenvalue weighted by molar-refractivity contribution is 7.71. The molecule has 1 aromatic rings. The molecule has 2 N–H and O–H groups in total. The van der Waals surface area contributed by atoms with Crippen molar-refractivity contribution in [1.29, 1.82) is 0 Å². The van der Waals surface area contributed by atoms with Crippen LogP contribution in [0.4, 0.5) is 5.82 Å². The summed E-state index contributed by atoms with van der Waals surface area (Å²) in [7, 11) is 0. The quantitative estimate of drug-likeness (QED) is 0.748. The van der Waals surface area contributed by atoms with E-state index in [1.54, 1.807) is 0 Å². The Morgan fingerprint density at radius 2 is 2.12 bits per heavy atom. The molecule has 4 nitrogen and oxygen atoms in total. The maximum atomic E-state index is 5.05. The molecule has 1 aromatic heterocycles. The number of hydrogen-bond acceptors (Lipinski definition) is 4. The lowest BCUT2D eigenvalue weighted by Crippen LogP contribution is -2.28. The Bertz CT molecular complexity index is 370. The number of rotatable bonds is 6. The predicted octanol–water partition coefficient (Wildman–Crippen LogP) is 2.20. The zero-order valence-electron chi connectivity index (χ0n) is 10.2. The number of aryl methyl sites for hydroxylation is 1. The van der Waals surface area contributed by atoms with Crippen LogP contribution in [0.25, 0.3) is 0 Å². The molecule has 0 saturated heterocycles. The molecule has 1 heterocycles. The zero-order valence-corrected chi connectivity index (χ0v) is 11.0. The van der Waals surface area contributed by atoms with E-state index in [9.17, 15) is 0 Å². The topological polar surface area (TPSA) is 44.0 Å². The second kappa shape index (κ2) is 6.60. The third-order valence-electron chi connectivity index (χ3n) is 2.50. The Morgan fingerprint density at radius 1 is 1.44 bits per heavy atom. The number of likely N-dealkylation sites (N-methyl/N-ethyl adjacent to an activating group) is 1. The van der Waals surface area contributed by atoms with E-state index in [-0.39, 0.29) is 0 Å². The third kappa shape index (κ3) is 4.28. The van der Waals surface area contributed by atoms with Crippen LogP contribution >= 0.6 is 12.2 Å². The highest BCUT2D eigenvalue weighted by Crippen LogP contribution is 2.02. The van der Waals surface area contributed by atoms with Gasteiger partial charge in [-0.15, -0.1) is 0 Å². The largest absolute Gasteiger partial charge is 0.370 e. The minimum absolute atomic E-state index is 0.626. The van der Waals surface area contributed by atoms with Crippen LogP contribution in [0.5, 0.6) is 0 Å². The van der Waals surface area contributed by atoms with Crippen LogP contribution in [0.3, 0.4) is 0 Å². The Balaban J connectivity index is 2.45. The van der Waals surface area contributed by atoms with E-state index in [1.165, 1.54) is 0 Å². The third-order valence-corrected chi connectivity index (χ3v) is 2.71. The molecule has 0 aliphatic heterocycles. The van der Waals surface area contributed by atoms with Gasteiger partial charge < -0.3 is 15.2 Å². The number of aromatic amines is 1. The van der Waals surface area contributed by atoms with E-state index in [2.05, 4.69) is 34.0 Å². The van der Waals surface area contributed by atoms with E-state index in [1.807, 2.05) is 13.0 Å². The maximum Gasteiger partial charge on any atom is 0.131 e. The maximum absolute atomic E-state index is 5.05. The fourth-order valence-electron chi connectivity index (χ4n) is 1.56. The molecule has 0 atom stereocenters. The van der Waals surface area contributed by atoms with Gasteiger partial charge in [-0.2, -0.15) is 0 Å². The van der Waals surface area contributed by atoms with Gasteiger partial charge >= 0.3 is 0 Å². The molecule has 0 aromatic carbocycles. The Morgan fingerprint density at radius 3 is 2.69 bits per heavy atom. The smallest absolute Gasteiger partial charge is 0.131 e. The van der Waals surface area contributed by atoms with Crippen LogP contribution in [0.2, 0.25) is 0 Å². The molecule has 0 aliphatic rings. The van der Waals surface area contributed by atoms with Crippen molar-refractivity contribution in [2.75, 3.05) is 31.5 Å². The summed E-state index contributed by atoms with van der Waals surface area (Å²) < 4.78 is 0.626. The summed E-state index contributed by atoms with van der Waals surface area (Å²) in [6.07, 6.45) is 0. The fourth-order valence-corrected chi connectivity index (χ4v) is 1.82. The van der Waals surface area contributed by atoms with Crippen molar-refractivity contribution in [2.24, 2.45) is 0 Å². The van der Waals surface area contributed by atoms with Gasteiger partial charge in [0.25, 0.3) is 0 Å². The fraction of sp³-hybridized carbons (Fsp3) is 0.636. The summed E-state index contributed by atoms with van der Waals surface area (Å²) in [4.78, 5) is 9.64. The molecular weight excluding hydrogens is 220 g/mol. The molecule has 0 saturated carbocycles. The monoisotopic (exact) mass is 240 g/mol. The first-order valence-electron chi connectivity index (χ1n) is 5.70. The van der Waals surface area contributed by atoms with Crippen molar-refractivity contribution in [3.05, 3.63) is 16.5 Å². The second-order valence-electron chi connectivity index (χ2n) is 3.67. The van der Waals surface area contributed by atoms with Gasteiger partial charge in [-0.25, -0.2) is 4.98 Å². The second-order valence-corrected chi connectivity index (χ2v) is 4.09. The van der Waals surface area contributed by atoms with E-state index in [0.29, 0.717) is 4.64 Å². The molecule has 0 amide bonds. The van der Waals surface area contributed by atoms with Gasteiger partial charge in [0.1, 0.15) is 16.3 Å². The highest BCUT2D eigenvalue weighted by Gasteiger charge is 1.99. The van der Waals surface area contributed by atoms with Crippen LogP contribution in [0, 0.1) is 11.6 Å². The number of anilines is 1. The van der Waals surface area contributed by atoms with Crippen molar-refractivity contribution >= 4 is 18.0 Å². The molecule has 0 bridgehead atoms. The molecule has 0 unspecified atom stereocenters. The molecule has 0 spiro atoms. The predicted molar refractivity (Wildman–Crippen MR) is 70.4 cm³/mol. The number of nitrogens with zero attached hydrogens (tertiary/aromatic N) is 2. The molecule has 0 radical (unpaired) electrons. The van der Waals surface area contributed by atoms with Gasteiger partial charge in [-0.05, 0) is 20.0 Å². The van der Waals surface area contributed by atoms with Crippen LogP contribution in [-0.4, -0.2) is 41.0 Å². The van der Waals surface area contributed by atoms with E-state index in [4.69, 9.17) is 12.2 Å². The van der Waals surface area contributed by atoms with Crippen LogP contribution in [-0.2, 0) is 0 Å². The van der Waals surface area contributed by atoms with Crippen molar-refractivity contribution in [3.63, 3.8) is 0 Å². The van der Waals surface area contributed by atoms with E-state index in [0.717, 1.165) is 37.8 Å². The molecule has 1 rings (SSSR count). The number of hydrogen-bond donors (Lipinski definition) is 2. The number of nitrogens with one attached hydrogen (secondary N) is 2. The summed E-state index contributed by atoms with van der Waals surface area (Å²) in [5.74, 6) is 1.79. The van der Waals surface area contributed by atoms with Gasteiger partial charge in [0, 0.05) is 19.2 Å². The summed E-state index contributed by atoms with van der Waals surface area (Å²) in [6, 6.07) is 1.85. The minimum atomic E-state index is 0.626. The van der Waals surface area contributed by atoms with Gasteiger partial charge in [0.05, 0.1) is 0 Å². The lowest BCUT2D eigenvalue weighted by molar-refractivity contribution is 0.316. The molecular formula is C11H20N4S. The molecule has 0 aliphatic carbocycles. The van der Waals surface area contributed by atoms with Crippen LogP contribution in [0.1, 0.15) is 19.7 Å². The zero-order chi connectivity index (χ0) is 12.0. The Kier molecular flexibility index (Phi) is 5.42. The van der Waals surface area contributed by atoms with Gasteiger partial charge in [-0.3, -0.25) is 0 Å². The van der Waals surface area contributed by atoms with Crippen molar-refractivity contribution in [1.82, 2.24) is 14.9 Å². The average molecular weight is 240 g/mol. The van der Waals surface area contributed by atoms with Gasteiger partial charge in [0.2, 0.25) is 0 Å². The standard InChI is InChI=1S/C11H20N4S/c1-4-15(5-2)7-6-12-10-8-11(16)14-9(3)13-10/h8H,4-7H2,1-3H3,(H2,12,13,14,16). The lowest BCUT2D eigenvalue weighted by atomic mass is 10.4.